The molecular formula is C23H28N6O5S2. The molecule has 1 aliphatic rings. The first kappa shape index (κ1) is 26.1. The number of rotatable bonds is 9. The lowest BCUT2D eigenvalue weighted by Gasteiger charge is -2.19. The van der Waals surface area contributed by atoms with Gasteiger partial charge in [0, 0.05) is 18.2 Å². The maximum atomic E-state index is 13.3. The van der Waals surface area contributed by atoms with Crippen molar-refractivity contribution in [3.63, 3.8) is 0 Å². The van der Waals surface area contributed by atoms with Gasteiger partial charge in [-0.05, 0) is 69.0 Å². The highest BCUT2D eigenvalue weighted by Gasteiger charge is 2.33. The summed E-state index contributed by atoms with van der Waals surface area (Å²) >= 11 is -2.67. The molecule has 4 rings (SSSR count). The fourth-order valence-electron chi connectivity index (χ4n) is 4.26. The van der Waals surface area contributed by atoms with E-state index in [1.807, 2.05) is 37.5 Å². The quantitative estimate of drug-likeness (QED) is 0.415. The van der Waals surface area contributed by atoms with Crippen LogP contribution in [0.5, 0.6) is 0 Å². The van der Waals surface area contributed by atoms with E-state index in [9.17, 15) is 22.0 Å². The van der Waals surface area contributed by atoms with E-state index in [1.165, 1.54) is 6.92 Å². The molecule has 1 aliphatic heterocycles. The van der Waals surface area contributed by atoms with Crippen LogP contribution in [0.25, 0.3) is 11.5 Å². The maximum Gasteiger partial charge on any atom is 0.260 e. The number of nitrogens with zero attached hydrogens (tertiary/aromatic N) is 6. The average Bonchev–Trinajstić information content (AvgIpc) is 3.46. The monoisotopic (exact) mass is 532 g/mol. The third-order valence-electron chi connectivity index (χ3n) is 6.22. The van der Waals surface area contributed by atoms with Gasteiger partial charge in [-0.2, -0.15) is 0 Å². The van der Waals surface area contributed by atoms with Crippen molar-refractivity contribution >= 4 is 33.0 Å². The van der Waals surface area contributed by atoms with Crippen LogP contribution in [0.3, 0.4) is 0 Å². The third-order valence-corrected chi connectivity index (χ3v) is 9.35. The van der Waals surface area contributed by atoms with E-state index in [2.05, 4.69) is 15.2 Å². The number of carbonyl (C=O) groups excluding carboxylic acids is 1. The first-order chi connectivity index (χ1) is 17.0. The van der Waals surface area contributed by atoms with Gasteiger partial charge in [0.1, 0.15) is 17.8 Å². The van der Waals surface area contributed by atoms with Crippen molar-refractivity contribution in [2.24, 2.45) is 0 Å². The number of pyridine rings is 1. The highest BCUT2D eigenvalue weighted by atomic mass is 32.3. The summed E-state index contributed by atoms with van der Waals surface area (Å²) in [5.41, 5.74) is 3.50. The summed E-state index contributed by atoms with van der Waals surface area (Å²) in [5.74, 6) is 0.554. The SMILES string of the molecule is CCS(=O)(=O)N(CCc1c(C)ccc2c1CN(c1cccc(-c3nncn3C(C)C)n1)C2=O)S(=O)O. The van der Waals surface area contributed by atoms with Crippen molar-refractivity contribution in [2.75, 3.05) is 17.2 Å². The molecule has 192 valence electrons. The van der Waals surface area contributed by atoms with Crippen LogP contribution >= 0.6 is 0 Å². The molecule has 0 saturated heterocycles. The lowest BCUT2D eigenvalue weighted by molar-refractivity contribution is 0.0996. The molecule has 2 aromatic heterocycles. The van der Waals surface area contributed by atoms with Crippen LogP contribution in [-0.2, 0) is 34.3 Å². The van der Waals surface area contributed by atoms with Gasteiger partial charge in [0.25, 0.3) is 5.91 Å². The van der Waals surface area contributed by atoms with Crippen molar-refractivity contribution in [1.29, 1.82) is 0 Å². The molecule has 0 spiro atoms. The number of aryl methyl sites for hydroxylation is 1. The lowest BCUT2D eigenvalue weighted by atomic mass is 9.96. The van der Waals surface area contributed by atoms with E-state index < -0.39 is 21.3 Å². The van der Waals surface area contributed by atoms with E-state index in [-0.39, 0.29) is 37.2 Å². The van der Waals surface area contributed by atoms with Gasteiger partial charge in [0.15, 0.2) is 5.82 Å². The summed E-state index contributed by atoms with van der Waals surface area (Å²) in [4.78, 5) is 19.6. The van der Waals surface area contributed by atoms with E-state index in [0.29, 0.717) is 26.6 Å². The smallest absolute Gasteiger partial charge is 0.260 e. The van der Waals surface area contributed by atoms with Gasteiger partial charge in [0.05, 0.1) is 12.3 Å². The Morgan fingerprint density at radius 2 is 1.97 bits per heavy atom. The summed E-state index contributed by atoms with van der Waals surface area (Å²) in [6.45, 7) is 7.39. The fourth-order valence-corrected chi connectivity index (χ4v) is 6.26. The van der Waals surface area contributed by atoms with Gasteiger partial charge in [-0.1, -0.05) is 15.8 Å². The summed E-state index contributed by atoms with van der Waals surface area (Å²) in [6.07, 6.45) is 1.83. The van der Waals surface area contributed by atoms with Crippen molar-refractivity contribution < 1.29 is 22.0 Å². The number of anilines is 1. The van der Waals surface area contributed by atoms with Crippen LogP contribution in [0.2, 0.25) is 0 Å². The molecule has 1 aromatic carbocycles. The first-order valence-electron chi connectivity index (χ1n) is 11.5. The molecule has 11 nitrogen and oxygen atoms in total. The van der Waals surface area contributed by atoms with Crippen LogP contribution in [0.1, 0.15) is 53.9 Å². The van der Waals surface area contributed by atoms with Gasteiger partial charge in [-0.25, -0.2) is 17.6 Å². The first-order valence-corrected chi connectivity index (χ1v) is 14.1. The van der Waals surface area contributed by atoms with Crippen molar-refractivity contribution in [3.8, 4) is 11.5 Å². The zero-order valence-electron chi connectivity index (χ0n) is 20.4. The second-order valence-electron chi connectivity index (χ2n) is 8.72. The number of amides is 1. The third kappa shape index (κ3) is 4.83. The average molecular weight is 533 g/mol. The van der Waals surface area contributed by atoms with Gasteiger partial charge in [-0.15, -0.1) is 10.2 Å². The standard InChI is InChI=1S/C23H28N6O5S2/c1-5-36(33,34)29(35(31)32)12-11-17-16(4)9-10-18-19(17)13-27(23(18)30)21-8-6-7-20(25-21)22-26-24-14-28(22)15(2)3/h6-10,14-15H,5,11-13H2,1-4H3,(H,31,32). The van der Waals surface area contributed by atoms with Crippen molar-refractivity contribution in [1.82, 2.24) is 23.5 Å². The number of hydrogen-bond donors (Lipinski definition) is 1. The summed E-state index contributed by atoms with van der Waals surface area (Å²) < 4.78 is 48.2. The Morgan fingerprint density at radius 1 is 1.22 bits per heavy atom. The molecule has 0 aliphatic carbocycles. The topological polar surface area (TPSA) is 139 Å². The maximum absolute atomic E-state index is 13.3. The molecule has 1 atom stereocenters. The van der Waals surface area contributed by atoms with Crippen LogP contribution in [-0.4, -0.2) is 58.8 Å². The van der Waals surface area contributed by atoms with Crippen LogP contribution < -0.4 is 4.90 Å². The van der Waals surface area contributed by atoms with Gasteiger partial charge in [0.2, 0.25) is 21.3 Å². The summed E-state index contributed by atoms with van der Waals surface area (Å²) in [5, 5.41) is 8.18. The molecule has 0 saturated carbocycles. The van der Waals surface area contributed by atoms with Crippen LogP contribution in [0.15, 0.2) is 36.7 Å². The molecule has 13 heteroatoms. The number of benzene rings is 1. The van der Waals surface area contributed by atoms with Crippen LogP contribution in [0.4, 0.5) is 5.82 Å². The zero-order chi connectivity index (χ0) is 26.2. The number of hydrogen-bond acceptors (Lipinski definition) is 7. The van der Waals surface area contributed by atoms with E-state index in [4.69, 9.17) is 0 Å². The molecule has 36 heavy (non-hydrogen) atoms. The normalized spacial score (nSPS) is 14.6. The van der Waals surface area contributed by atoms with Crippen molar-refractivity contribution in [2.45, 2.75) is 46.7 Å². The second kappa shape index (κ2) is 10.2. The molecule has 1 amide bonds. The second-order valence-corrected chi connectivity index (χ2v) is 12.0. The predicted octanol–water partition coefficient (Wildman–Crippen LogP) is 2.72. The Morgan fingerprint density at radius 3 is 2.64 bits per heavy atom. The molecule has 1 unspecified atom stereocenters. The molecule has 3 heterocycles. The highest BCUT2D eigenvalue weighted by Crippen LogP contribution is 2.32. The van der Waals surface area contributed by atoms with Crippen molar-refractivity contribution in [3.05, 3.63) is 58.9 Å². The lowest BCUT2D eigenvalue weighted by Crippen LogP contribution is -2.35. The molecule has 1 N–H and O–H groups in total. The Kier molecular flexibility index (Phi) is 7.36. The highest BCUT2D eigenvalue weighted by molar-refractivity contribution is 7.99. The van der Waals surface area contributed by atoms with E-state index in [1.54, 1.807) is 29.4 Å². The van der Waals surface area contributed by atoms with E-state index in [0.717, 1.165) is 16.7 Å². The Hall–Kier alpha value is -3.00. The fraction of sp³-hybridized carbons (Fsp3) is 0.391. The number of fused-ring (bicyclic) bond motifs is 1. The molecule has 0 fully saturated rings. The molecular weight excluding hydrogens is 504 g/mol. The minimum Gasteiger partial charge on any atom is -0.310 e. The van der Waals surface area contributed by atoms with Gasteiger partial charge >= 0.3 is 0 Å². The summed E-state index contributed by atoms with van der Waals surface area (Å²) in [7, 11) is -3.87. The molecule has 0 bridgehead atoms. The summed E-state index contributed by atoms with van der Waals surface area (Å²) in [6, 6.07) is 9.06. The zero-order valence-corrected chi connectivity index (χ0v) is 22.1. The molecule has 3 aromatic rings. The largest absolute Gasteiger partial charge is 0.310 e. The Balaban J connectivity index is 1.65. The number of carbonyl (C=O) groups is 1. The minimum atomic E-state index is -3.87. The van der Waals surface area contributed by atoms with Crippen LogP contribution in [0, 0.1) is 6.92 Å². The Bertz CT molecular complexity index is 1440. The van der Waals surface area contributed by atoms with Gasteiger partial charge in [-0.3, -0.25) is 14.2 Å². The van der Waals surface area contributed by atoms with Gasteiger partial charge < -0.3 is 4.57 Å². The van der Waals surface area contributed by atoms with E-state index >= 15 is 0 Å². The molecule has 0 radical (unpaired) electrons. The predicted molar refractivity (Wildman–Crippen MR) is 136 cm³/mol. The number of sulfonamides is 1. The minimum absolute atomic E-state index is 0.132. The Labute approximate surface area is 212 Å². The number of aromatic nitrogens is 4.